The molecule has 0 radical (unpaired) electrons. The summed E-state index contributed by atoms with van der Waals surface area (Å²) in [6.07, 6.45) is 1.76. The molecule has 0 saturated carbocycles. The summed E-state index contributed by atoms with van der Waals surface area (Å²) in [7, 11) is 0. The Labute approximate surface area is 100 Å². The molecule has 1 heterocycles. The predicted octanol–water partition coefficient (Wildman–Crippen LogP) is 3.29. The van der Waals surface area contributed by atoms with Crippen molar-refractivity contribution in [2.75, 3.05) is 0 Å². The Balaban J connectivity index is 2.28. The molecule has 1 N–H and O–H groups in total. The molecule has 0 spiro atoms. The zero-order valence-corrected chi connectivity index (χ0v) is 10.1. The summed E-state index contributed by atoms with van der Waals surface area (Å²) in [6, 6.07) is 12.2. The van der Waals surface area contributed by atoms with Crippen LogP contribution in [0, 0.1) is 4.64 Å². The lowest BCUT2D eigenvalue weighted by Gasteiger charge is -2.04. The highest BCUT2D eigenvalue weighted by Gasteiger charge is 1.99. The molecule has 0 atom stereocenters. The smallest absolute Gasteiger partial charge is 0.130 e. The Morgan fingerprint density at radius 1 is 1.25 bits per heavy atom. The highest BCUT2D eigenvalue weighted by atomic mass is 32.1. The molecule has 3 heteroatoms. The maximum atomic E-state index is 5.14. The van der Waals surface area contributed by atoms with E-state index in [0.29, 0.717) is 4.64 Å². The minimum absolute atomic E-state index is 0.668. The fourth-order valence-electron chi connectivity index (χ4n) is 1.63. The van der Waals surface area contributed by atoms with Crippen LogP contribution in [0.5, 0.6) is 0 Å². The second-order valence-corrected chi connectivity index (χ2v) is 4.13. The fraction of sp³-hybridized carbons (Fsp3) is 0.231. The summed E-state index contributed by atoms with van der Waals surface area (Å²) in [5, 5.41) is 0. The average Bonchev–Trinajstić information content (AvgIpc) is 2.29. The van der Waals surface area contributed by atoms with Gasteiger partial charge in [-0.1, -0.05) is 49.5 Å². The van der Waals surface area contributed by atoms with Crippen molar-refractivity contribution in [3.63, 3.8) is 0 Å². The molecule has 0 aliphatic carbocycles. The van der Waals surface area contributed by atoms with Gasteiger partial charge in [0.1, 0.15) is 10.5 Å². The van der Waals surface area contributed by atoms with Crippen molar-refractivity contribution in [3.05, 3.63) is 58.1 Å². The second-order valence-electron chi connectivity index (χ2n) is 3.71. The maximum absolute atomic E-state index is 5.14. The normalized spacial score (nSPS) is 10.3. The standard InChI is InChI=1S/C13H14N2S/c1-2-11-9-13(16)15-12(14-11)8-10-6-4-3-5-7-10/h3-7,9H,2,8H2,1H3,(H,14,15,16). The number of nitrogens with zero attached hydrogens (tertiary/aromatic N) is 1. The van der Waals surface area contributed by atoms with Crippen LogP contribution in [-0.2, 0) is 12.8 Å². The molecule has 2 nitrogen and oxygen atoms in total. The summed E-state index contributed by atoms with van der Waals surface area (Å²) in [5.74, 6) is 0.940. The maximum Gasteiger partial charge on any atom is 0.130 e. The number of benzene rings is 1. The van der Waals surface area contributed by atoms with Crippen LogP contribution in [0.3, 0.4) is 0 Å². The van der Waals surface area contributed by atoms with Crippen molar-refractivity contribution >= 4 is 12.2 Å². The van der Waals surface area contributed by atoms with Gasteiger partial charge in [0.25, 0.3) is 0 Å². The van der Waals surface area contributed by atoms with Gasteiger partial charge in [0.15, 0.2) is 0 Å². The predicted molar refractivity (Wildman–Crippen MR) is 68.0 cm³/mol. The number of H-pyrrole nitrogens is 1. The minimum Gasteiger partial charge on any atom is -0.347 e. The number of aryl methyl sites for hydroxylation is 1. The largest absolute Gasteiger partial charge is 0.347 e. The minimum atomic E-state index is 0.668. The molecule has 0 aliphatic rings. The van der Waals surface area contributed by atoms with Crippen LogP contribution >= 0.6 is 12.2 Å². The Morgan fingerprint density at radius 2 is 2.00 bits per heavy atom. The van der Waals surface area contributed by atoms with E-state index in [2.05, 4.69) is 29.0 Å². The first kappa shape index (κ1) is 11.0. The van der Waals surface area contributed by atoms with E-state index in [1.807, 2.05) is 24.3 Å². The van der Waals surface area contributed by atoms with Crippen molar-refractivity contribution in [1.29, 1.82) is 0 Å². The highest BCUT2D eigenvalue weighted by Crippen LogP contribution is 2.06. The van der Waals surface area contributed by atoms with E-state index < -0.39 is 0 Å². The first-order valence-corrected chi connectivity index (χ1v) is 5.82. The molecule has 16 heavy (non-hydrogen) atoms. The van der Waals surface area contributed by atoms with E-state index in [1.165, 1.54) is 5.56 Å². The van der Waals surface area contributed by atoms with Gasteiger partial charge in [-0.2, -0.15) is 0 Å². The van der Waals surface area contributed by atoms with Crippen molar-refractivity contribution in [2.45, 2.75) is 19.8 Å². The number of hydrogen-bond donors (Lipinski definition) is 1. The number of nitrogens with one attached hydrogen (secondary N) is 1. The van der Waals surface area contributed by atoms with Gasteiger partial charge in [-0.15, -0.1) is 0 Å². The first-order valence-electron chi connectivity index (χ1n) is 5.41. The highest BCUT2D eigenvalue weighted by molar-refractivity contribution is 7.71. The summed E-state index contributed by atoms with van der Waals surface area (Å²) >= 11 is 5.14. The van der Waals surface area contributed by atoms with Gasteiger partial charge in [-0.05, 0) is 18.1 Å². The second kappa shape index (κ2) is 5.03. The van der Waals surface area contributed by atoms with E-state index in [1.54, 1.807) is 0 Å². The van der Waals surface area contributed by atoms with E-state index in [4.69, 9.17) is 12.2 Å². The third-order valence-corrected chi connectivity index (χ3v) is 2.65. The molecule has 82 valence electrons. The molecular weight excluding hydrogens is 216 g/mol. The number of rotatable bonds is 3. The SMILES string of the molecule is CCc1cc(=S)nc(Cc2ccccc2)[nH]1. The number of hydrogen-bond acceptors (Lipinski definition) is 2. The topological polar surface area (TPSA) is 28.7 Å². The van der Waals surface area contributed by atoms with Gasteiger partial charge < -0.3 is 4.98 Å². The van der Waals surface area contributed by atoms with Crippen LogP contribution in [0.25, 0.3) is 0 Å². The summed E-state index contributed by atoms with van der Waals surface area (Å²) in [4.78, 5) is 7.64. The lowest BCUT2D eigenvalue weighted by Crippen LogP contribution is -2.00. The van der Waals surface area contributed by atoms with Crippen LogP contribution in [0.4, 0.5) is 0 Å². The molecule has 1 aromatic heterocycles. The number of aromatic amines is 1. The monoisotopic (exact) mass is 230 g/mol. The van der Waals surface area contributed by atoms with Crippen LogP contribution in [-0.4, -0.2) is 9.97 Å². The van der Waals surface area contributed by atoms with Crippen LogP contribution in [0.2, 0.25) is 0 Å². The molecule has 2 rings (SSSR count). The van der Waals surface area contributed by atoms with Crippen molar-refractivity contribution in [3.8, 4) is 0 Å². The molecule has 0 unspecified atom stereocenters. The average molecular weight is 230 g/mol. The van der Waals surface area contributed by atoms with Gasteiger partial charge in [-0.3, -0.25) is 0 Å². The zero-order chi connectivity index (χ0) is 11.4. The molecule has 0 saturated heterocycles. The molecule has 0 bridgehead atoms. The fourth-order valence-corrected chi connectivity index (χ4v) is 1.88. The summed E-state index contributed by atoms with van der Waals surface area (Å²) in [6.45, 7) is 2.10. The Morgan fingerprint density at radius 3 is 2.69 bits per heavy atom. The first-order chi connectivity index (χ1) is 7.78. The third kappa shape index (κ3) is 2.76. The van der Waals surface area contributed by atoms with Gasteiger partial charge in [-0.25, -0.2) is 4.98 Å². The molecule has 1 aromatic carbocycles. The van der Waals surface area contributed by atoms with E-state index in [0.717, 1.165) is 24.4 Å². The van der Waals surface area contributed by atoms with Crippen LogP contribution in [0.1, 0.15) is 24.0 Å². The van der Waals surface area contributed by atoms with Gasteiger partial charge in [0, 0.05) is 12.1 Å². The van der Waals surface area contributed by atoms with Gasteiger partial charge in [0.2, 0.25) is 0 Å². The third-order valence-electron chi connectivity index (χ3n) is 2.44. The summed E-state index contributed by atoms with van der Waals surface area (Å²) in [5.41, 5.74) is 2.39. The zero-order valence-electron chi connectivity index (χ0n) is 9.23. The van der Waals surface area contributed by atoms with Crippen LogP contribution < -0.4 is 0 Å². The molecule has 2 aromatic rings. The van der Waals surface area contributed by atoms with Gasteiger partial charge in [0.05, 0.1) is 0 Å². The van der Waals surface area contributed by atoms with E-state index in [9.17, 15) is 0 Å². The lowest BCUT2D eigenvalue weighted by atomic mass is 10.1. The lowest BCUT2D eigenvalue weighted by molar-refractivity contribution is 0.899. The van der Waals surface area contributed by atoms with E-state index >= 15 is 0 Å². The summed E-state index contributed by atoms with van der Waals surface area (Å²) < 4.78 is 0.668. The molecule has 0 amide bonds. The Bertz CT molecular complexity index is 517. The van der Waals surface area contributed by atoms with Crippen molar-refractivity contribution in [1.82, 2.24) is 9.97 Å². The quantitative estimate of drug-likeness (QED) is 0.820. The molecule has 0 fully saturated rings. The molecular formula is C13H14N2S. The Kier molecular flexibility index (Phi) is 3.47. The van der Waals surface area contributed by atoms with Gasteiger partial charge >= 0.3 is 0 Å². The van der Waals surface area contributed by atoms with Crippen molar-refractivity contribution in [2.24, 2.45) is 0 Å². The van der Waals surface area contributed by atoms with Crippen LogP contribution in [0.15, 0.2) is 36.4 Å². The van der Waals surface area contributed by atoms with Crippen molar-refractivity contribution < 1.29 is 0 Å². The Hall–Kier alpha value is -1.48. The molecule has 0 aliphatic heterocycles. The van der Waals surface area contributed by atoms with E-state index in [-0.39, 0.29) is 0 Å². The number of aromatic nitrogens is 2.